The number of carbonyl (C=O) groups excluding carboxylic acids is 1. The van der Waals surface area contributed by atoms with Gasteiger partial charge in [-0.1, -0.05) is 11.2 Å². The summed E-state index contributed by atoms with van der Waals surface area (Å²) in [7, 11) is 1.57. The van der Waals surface area contributed by atoms with Gasteiger partial charge in [0.2, 0.25) is 0 Å². The number of hydrogen-bond donors (Lipinski definition) is 1. The second-order valence-electron chi connectivity index (χ2n) is 3.44. The summed E-state index contributed by atoms with van der Waals surface area (Å²) in [6, 6.07) is 4.94. The number of carbonyl (C=O) groups is 1. The summed E-state index contributed by atoms with van der Waals surface area (Å²) in [5.41, 5.74) is 10.2. The average Bonchev–Trinajstić information content (AvgIpc) is 2.32. The van der Waals surface area contributed by atoms with Crippen LogP contribution in [0.5, 0.6) is 0 Å². The normalized spacial score (nSPS) is 9.53. The van der Waals surface area contributed by atoms with E-state index in [0.29, 0.717) is 24.4 Å². The highest BCUT2D eigenvalue weighted by Gasteiger charge is 2.06. The van der Waals surface area contributed by atoms with E-state index in [2.05, 4.69) is 15.3 Å². The van der Waals surface area contributed by atoms with Crippen LogP contribution in [0.2, 0.25) is 0 Å². The number of methoxy groups -OCH3 is 1. The highest BCUT2D eigenvalue weighted by molar-refractivity contribution is 5.94. The minimum atomic E-state index is -0.169. The summed E-state index contributed by atoms with van der Waals surface area (Å²) in [6.45, 7) is 2.73. The van der Waals surface area contributed by atoms with Gasteiger partial charge in [-0.15, -0.1) is 0 Å². The molecule has 0 atom stereocenters. The predicted octanol–water partition coefficient (Wildman–Crippen LogP) is 2.31. The van der Waals surface area contributed by atoms with E-state index in [1.54, 1.807) is 32.2 Å². The van der Waals surface area contributed by atoms with Gasteiger partial charge in [0.1, 0.15) is 0 Å². The van der Waals surface area contributed by atoms with E-state index in [-0.39, 0.29) is 5.91 Å². The Morgan fingerprint density at radius 3 is 2.94 bits per heavy atom. The van der Waals surface area contributed by atoms with Crippen LogP contribution >= 0.6 is 0 Å². The summed E-state index contributed by atoms with van der Waals surface area (Å²) in [5.74, 6) is -0.169. The lowest BCUT2D eigenvalue weighted by Crippen LogP contribution is -2.26. The van der Waals surface area contributed by atoms with Crippen LogP contribution in [0.25, 0.3) is 10.4 Å². The molecule has 1 N–H and O–H groups in total. The van der Waals surface area contributed by atoms with Crippen molar-refractivity contribution in [3.63, 3.8) is 0 Å². The Kier molecular flexibility index (Phi) is 5.00. The average molecular weight is 234 g/mol. The third-order valence-corrected chi connectivity index (χ3v) is 2.20. The van der Waals surface area contributed by atoms with Crippen LogP contribution in [0.15, 0.2) is 23.3 Å². The van der Waals surface area contributed by atoms with E-state index in [1.807, 2.05) is 0 Å². The Hall–Kier alpha value is -2.04. The van der Waals surface area contributed by atoms with Gasteiger partial charge in [0.05, 0.1) is 6.61 Å². The maximum Gasteiger partial charge on any atom is 0.251 e. The first-order chi connectivity index (χ1) is 8.19. The van der Waals surface area contributed by atoms with Gasteiger partial charge >= 0.3 is 0 Å². The summed E-state index contributed by atoms with van der Waals surface area (Å²) in [6.07, 6.45) is 0. The first-order valence-corrected chi connectivity index (χ1v) is 5.12. The van der Waals surface area contributed by atoms with Gasteiger partial charge in [-0.25, -0.2) is 0 Å². The number of azide groups is 1. The molecule has 0 saturated heterocycles. The van der Waals surface area contributed by atoms with Gasteiger partial charge < -0.3 is 10.1 Å². The smallest absolute Gasteiger partial charge is 0.251 e. The molecule has 6 heteroatoms. The van der Waals surface area contributed by atoms with Crippen LogP contribution in [0.1, 0.15) is 15.9 Å². The summed E-state index contributed by atoms with van der Waals surface area (Å²) in [4.78, 5) is 14.4. The molecule has 17 heavy (non-hydrogen) atoms. The van der Waals surface area contributed by atoms with Crippen molar-refractivity contribution in [1.29, 1.82) is 0 Å². The van der Waals surface area contributed by atoms with E-state index < -0.39 is 0 Å². The van der Waals surface area contributed by atoms with Crippen molar-refractivity contribution >= 4 is 11.6 Å². The van der Waals surface area contributed by atoms with E-state index in [1.165, 1.54) is 0 Å². The zero-order valence-corrected chi connectivity index (χ0v) is 9.80. The number of nitrogens with zero attached hydrogens (tertiary/aromatic N) is 3. The SMILES string of the molecule is COCCNC(=O)c1ccc(N=[N+]=[N-])c(C)c1. The molecule has 1 amide bonds. The van der Waals surface area contributed by atoms with Crippen molar-refractivity contribution in [3.05, 3.63) is 39.8 Å². The first kappa shape index (κ1) is 13.0. The van der Waals surface area contributed by atoms with Crippen LogP contribution in [-0.2, 0) is 4.74 Å². The highest BCUT2D eigenvalue weighted by atomic mass is 16.5. The molecule has 0 heterocycles. The molecule has 6 nitrogen and oxygen atoms in total. The quantitative estimate of drug-likeness (QED) is 0.367. The van der Waals surface area contributed by atoms with Crippen LogP contribution in [-0.4, -0.2) is 26.2 Å². The van der Waals surface area contributed by atoms with Gasteiger partial charge in [-0.05, 0) is 30.2 Å². The lowest BCUT2D eigenvalue weighted by atomic mass is 10.1. The molecular formula is C11H14N4O2. The zero-order chi connectivity index (χ0) is 12.7. The van der Waals surface area contributed by atoms with Crippen LogP contribution in [0.4, 0.5) is 5.69 Å². The van der Waals surface area contributed by atoms with E-state index >= 15 is 0 Å². The molecule has 0 unspecified atom stereocenters. The van der Waals surface area contributed by atoms with Crippen molar-refractivity contribution in [1.82, 2.24) is 5.32 Å². The molecule has 0 radical (unpaired) electrons. The third kappa shape index (κ3) is 3.79. The maximum absolute atomic E-state index is 11.7. The molecule has 1 aromatic carbocycles. The lowest BCUT2D eigenvalue weighted by molar-refractivity contribution is 0.0937. The molecule has 1 aromatic rings. The highest BCUT2D eigenvalue weighted by Crippen LogP contribution is 2.19. The fourth-order valence-electron chi connectivity index (χ4n) is 1.33. The maximum atomic E-state index is 11.7. The molecule has 0 aliphatic heterocycles. The van der Waals surface area contributed by atoms with Crippen molar-refractivity contribution < 1.29 is 9.53 Å². The van der Waals surface area contributed by atoms with E-state index in [4.69, 9.17) is 10.3 Å². The lowest BCUT2D eigenvalue weighted by Gasteiger charge is -2.06. The Bertz CT molecular complexity index is 453. The molecule has 0 bridgehead atoms. The second kappa shape index (κ2) is 6.52. The third-order valence-electron chi connectivity index (χ3n) is 2.20. The van der Waals surface area contributed by atoms with Gasteiger partial charge in [0, 0.05) is 29.8 Å². The molecule has 0 saturated carbocycles. The number of benzene rings is 1. The predicted molar refractivity (Wildman–Crippen MR) is 64.2 cm³/mol. The van der Waals surface area contributed by atoms with Gasteiger partial charge in [-0.3, -0.25) is 4.79 Å². The molecule has 0 fully saturated rings. The molecule has 0 aromatic heterocycles. The molecular weight excluding hydrogens is 220 g/mol. The molecule has 1 rings (SSSR count). The molecule has 90 valence electrons. The van der Waals surface area contributed by atoms with Crippen molar-refractivity contribution in [2.45, 2.75) is 6.92 Å². The summed E-state index contributed by atoms with van der Waals surface area (Å²) < 4.78 is 4.83. The van der Waals surface area contributed by atoms with E-state index in [0.717, 1.165) is 5.56 Å². The standard InChI is InChI=1S/C11H14N4O2/c1-8-7-9(3-4-10(8)14-15-12)11(16)13-5-6-17-2/h3-4,7H,5-6H2,1-2H3,(H,13,16). The Labute approximate surface area is 99.2 Å². The number of aryl methyl sites for hydroxylation is 1. The summed E-state index contributed by atoms with van der Waals surface area (Å²) >= 11 is 0. The Morgan fingerprint density at radius 1 is 1.59 bits per heavy atom. The van der Waals surface area contributed by atoms with Gasteiger partial charge in [0.15, 0.2) is 0 Å². The number of hydrogen-bond acceptors (Lipinski definition) is 3. The fourth-order valence-corrected chi connectivity index (χ4v) is 1.33. The molecule has 0 aliphatic rings. The zero-order valence-electron chi connectivity index (χ0n) is 9.80. The van der Waals surface area contributed by atoms with E-state index in [9.17, 15) is 4.79 Å². The Morgan fingerprint density at radius 2 is 2.35 bits per heavy atom. The van der Waals surface area contributed by atoms with Crippen LogP contribution in [0.3, 0.4) is 0 Å². The van der Waals surface area contributed by atoms with Crippen LogP contribution < -0.4 is 5.32 Å². The monoisotopic (exact) mass is 234 g/mol. The number of amides is 1. The van der Waals surface area contributed by atoms with Crippen molar-refractivity contribution in [2.75, 3.05) is 20.3 Å². The number of ether oxygens (including phenoxy) is 1. The van der Waals surface area contributed by atoms with Crippen molar-refractivity contribution in [2.24, 2.45) is 5.11 Å². The fraction of sp³-hybridized carbons (Fsp3) is 0.364. The minimum Gasteiger partial charge on any atom is -0.383 e. The van der Waals surface area contributed by atoms with Gasteiger partial charge in [0.25, 0.3) is 5.91 Å². The second-order valence-corrected chi connectivity index (χ2v) is 3.44. The topological polar surface area (TPSA) is 87.1 Å². The largest absolute Gasteiger partial charge is 0.383 e. The molecule has 0 aliphatic carbocycles. The summed E-state index contributed by atoms with van der Waals surface area (Å²) in [5, 5.41) is 6.22. The minimum absolute atomic E-state index is 0.169. The van der Waals surface area contributed by atoms with Gasteiger partial charge in [-0.2, -0.15) is 0 Å². The number of nitrogens with one attached hydrogen (secondary N) is 1. The van der Waals surface area contributed by atoms with Crippen LogP contribution in [0, 0.1) is 6.92 Å². The number of rotatable bonds is 5. The van der Waals surface area contributed by atoms with Crippen molar-refractivity contribution in [3.8, 4) is 0 Å². The molecule has 0 spiro atoms. The Balaban J connectivity index is 2.75. The first-order valence-electron chi connectivity index (χ1n) is 5.12.